The number of ketones is 1. The van der Waals surface area contributed by atoms with Crippen molar-refractivity contribution in [3.8, 4) is 0 Å². The van der Waals surface area contributed by atoms with Crippen molar-refractivity contribution >= 4 is 11.9 Å². The molecule has 1 aromatic carbocycles. The maximum Gasteiger partial charge on any atom is 0.410 e. The van der Waals surface area contributed by atoms with Gasteiger partial charge in [-0.2, -0.15) is 0 Å². The van der Waals surface area contributed by atoms with E-state index in [0.717, 1.165) is 5.56 Å². The first kappa shape index (κ1) is 13.5. The van der Waals surface area contributed by atoms with E-state index < -0.39 is 12.1 Å². The number of nitrogens with zero attached hydrogens (tertiary/aromatic N) is 1. The van der Waals surface area contributed by atoms with Gasteiger partial charge in [-0.05, 0) is 5.56 Å². The highest BCUT2D eigenvalue weighted by Crippen LogP contribution is 2.15. The van der Waals surface area contributed by atoms with Crippen molar-refractivity contribution in [3.05, 3.63) is 35.9 Å². The van der Waals surface area contributed by atoms with Gasteiger partial charge in [-0.25, -0.2) is 4.79 Å². The first-order chi connectivity index (χ1) is 9.20. The minimum atomic E-state index is -0.476. The topological polar surface area (TPSA) is 66.8 Å². The Morgan fingerprint density at radius 3 is 2.79 bits per heavy atom. The van der Waals surface area contributed by atoms with E-state index in [0.29, 0.717) is 13.0 Å². The number of ether oxygens (including phenoxy) is 1. The van der Waals surface area contributed by atoms with Gasteiger partial charge in [-0.15, -0.1) is 0 Å². The Morgan fingerprint density at radius 1 is 1.37 bits per heavy atom. The summed E-state index contributed by atoms with van der Waals surface area (Å²) in [6.45, 7) is 0.298. The van der Waals surface area contributed by atoms with Crippen molar-refractivity contribution in [1.82, 2.24) is 4.90 Å². The third-order valence-corrected chi connectivity index (χ3v) is 3.19. The Balaban J connectivity index is 1.90. The van der Waals surface area contributed by atoms with Gasteiger partial charge in [0.25, 0.3) is 0 Å². The fourth-order valence-corrected chi connectivity index (χ4v) is 2.11. The van der Waals surface area contributed by atoms with E-state index in [1.165, 1.54) is 4.90 Å². The lowest BCUT2D eigenvalue weighted by Gasteiger charge is -2.32. The smallest absolute Gasteiger partial charge is 0.410 e. The molecule has 1 atom stereocenters. The van der Waals surface area contributed by atoms with Crippen LogP contribution >= 0.6 is 0 Å². The molecule has 1 saturated heterocycles. The number of aliphatic hydroxyl groups excluding tert-OH is 1. The first-order valence-electron chi connectivity index (χ1n) is 6.30. The van der Waals surface area contributed by atoms with E-state index in [9.17, 15) is 14.7 Å². The summed E-state index contributed by atoms with van der Waals surface area (Å²) in [6.07, 6.45) is 0.0591. The number of aliphatic hydroxyl groups is 1. The zero-order valence-corrected chi connectivity index (χ0v) is 10.6. The van der Waals surface area contributed by atoms with Crippen LogP contribution in [0.3, 0.4) is 0 Å². The predicted molar refractivity (Wildman–Crippen MR) is 68.4 cm³/mol. The van der Waals surface area contributed by atoms with Gasteiger partial charge in [0.05, 0.1) is 12.6 Å². The molecule has 0 radical (unpaired) electrons. The normalized spacial score (nSPS) is 19.3. The van der Waals surface area contributed by atoms with E-state index in [4.69, 9.17) is 4.74 Å². The number of carbonyl (C=O) groups is 2. The minimum absolute atomic E-state index is 0.0751. The van der Waals surface area contributed by atoms with E-state index >= 15 is 0 Å². The molecule has 1 amide bonds. The molecule has 0 saturated carbocycles. The van der Waals surface area contributed by atoms with Crippen molar-refractivity contribution in [3.63, 3.8) is 0 Å². The Labute approximate surface area is 111 Å². The van der Waals surface area contributed by atoms with Crippen LogP contribution in [0, 0.1) is 0 Å². The summed E-state index contributed by atoms with van der Waals surface area (Å²) in [5.74, 6) is 0.0751. The van der Waals surface area contributed by atoms with E-state index in [1.54, 1.807) is 0 Å². The number of hydrogen-bond donors (Lipinski definition) is 1. The summed E-state index contributed by atoms with van der Waals surface area (Å²) in [4.78, 5) is 24.7. The molecular weight excluding hydrogens is 246 g/mol. The maximum atomic E-state index is 11.9. The summed E-state index contributed by atoms with van der Waals surface area (Å²) in [5.41, 5.74) is 0.907. The fourth-order valence-electron chi connectivity index (χ4n) is 2.11. The van der Waals surface area contributed by atoms with Crippen LogP contribution in [-0.4, -0.2) is 41.1 Å². The monoisotopic (exact) mass is 263 g/mol. The highest BCUT2D eigenvalue weighted by molar-refractivity contribution is 5.82. The van der Waals surface area contributed by atoms with E-state index in [-0.39, 0.29) is 25.4 Å². The predicted octanol–water partition coefficient (Wildman–Crippen LogP) is 1.35. The molecule has 1 fully saturated rings. The van der Waals surface area contributed by atoms with E-state index in [2.05, 4.69) is 0 Å². The number of likely N-dealkylation sites (tertiary alicyclic amines) is 1. The van der Waals surface area contributed by atoms with Gasteiger partial charge in [-0.1, -0.05) is 30.3 Å². The molecule has 1 aliphatic heterocycles. The molecule has 1 aliphatic rings. The highest BCUT2D eigenvalue weighted by Gasteiger charge is 2.30. The van der Waals surface area contributed by atoms with Crippen molar-refractivity contribution in [2.75, 3.05) is 13.2 Å². The second kappa shape index (κ2) is 6.33. The largest absolute Gasteiger partial charge is 0.445 e. The Bertz CT molecular complexity index is 446. The molecule has 1 aromatic rings. The molecule has 0 bridgehead atoms. The molecule has 0 aliphatic carbocycles. The Morgan fingerprint density at radius 2 is 2.11 bits per heavy atom. The van der Waals surface area contributed by atoms with Crippen molar-refractivity contribution in [1.29, 1.82) is 0 Å². The molecule has 102 valence electrons. The summed E-state index contributed by atoms with van der Waals surface area (Å²) in [7, 11) is 0. The van der Waals surface area contributed by atoms with Crippen LogP contribution in [0.5, 0.6) is 0 Å². The number of Topliss-reactive ketones (excluding diaryl/α,β-unsaturated/α-hetero) is 1. The van der Waals surface area contributed by atoms with Crippen LogP contribution in [-0.2, 0) is 16.1 Å². The average Bonchev–Trinajstić information content (AvgIpc) is 2.45. The standard InChI is InChI=1S/C14H17NO4/c16-9-12-8-13(17)6-7-15(12)14(18)19-10-11-4-2-1-3-5-11/h1-5,12,16H,6-10H2/t12-/m0/s1. The third-order valence-electron chi connectivity index (χ3n) is 3.19. The second-order valence-corrected chi connectivity index (χ2v) is 4.56. The fraction of sp³-hybridized carbons (Fsp3) is 0.429. The van der Waals surface area contributed by atoms with Gasteiger partial charge in [0, 0.05) is 19.4 Å². The lowest BCUT2D eigenvalue weighted by atomic mass is 10.0. The van der Waals surface area contributed by atoms with Gasteiger partial charge in [0.2, 0.25) is 0 Å². The summed E-state index contributed by atoms with van der Waals surface area (Å²) < 4.78 is 5.20. The number of carbonyl (C=O) groups excluding carboxylic acids is 2. The molecule has 0 spiro atoms. The zero-order valence-electron chi connectivity index (χ0n) is 10.6. The van der Waals surface area contributed by atoms with Crippen LogP contribution in [0.25, 0.3) is 0 Å². The minimum Gasteiger partial charge on any atom is -0.445 e. The maximum absolute atomic E-state index is 11.9. The first-order valence-corrected chi connectivity index (χ1v) is 6.30. The molecule has 5 heteroatoms. The molecule has 19 heavy (non-hydrogen) atoms. The van der Waals surface area contributed by atoms with Crippen LogP contribution in [0.4, 0.5) is 4.79 Å². The van der Waals surface area contributed by atoms with Crippen molar-refractivity contribution in [2.24, 2.45) is 0 Å². The van der Waals surface area contributed by atoms with E-state index in [1.807, 2.05) is 30.3 Å². The molecule has 1 heterocycles. The van der Waals surface area contributed by atoms with Crippen LogP contribution < -0.4 is 0 Å². The quantitative estimate of drug-likeness (QED) is 0.894. The zero-order chi connectivity index (χ0) is 13.7. The Hall–Kier alpha value is -1.88. The molecule has 5 nitrogen and oxygen atoms in total. The lowest BCUT2D eigenvalue weighted by molar-refractivity contribution is -0.123. The molecular formula is C14H17NO4. The molecule has 2 rings (SSSR count). The van der Waals surface area contributed by atoms with Crippen LogP contribution in [0.2, 0.25) is 0 Å². The van der Waals surface area contributed by atoms with Gasteiger partial charge < -0.3 is 14.7 Å². The van der Waals surface area contributed by atoms with Gasteiger partial charge in [-0.3, -0.25) is 4.79 Å². The van der Waals surface area contributed by atoms with Crippen LogP contribution in [0.15, 0.2) is 30.3 Å². The Kier molecular flexibility index (Phi) is 4.52. The SMILES string of the molecule is O=C1CCN(C(=O)OCc2ccccc2)[C@H](CO)C1. The van der Waals surface area contributed by atoms with Crippen molar-refractivity contribution < 1.29 is 19.4 Å². The summed E-state index contributed by atoms with van der Waals surface area (Å²) in [6, 6.07) is 8.93. The highest BCUT2D eigenvalue weighted by atomic mass is 16.6. The molecule has 0 unspecified atom stereocenters. The second-order valence-electron chi connectivity index (χ2n) is 4.56. The summed E-state index contributed by atoms with van der Waals surface area (Å²) >= 11 is 0. The van der Waals surface area contributed by atoms with Gasteiger partial charge in [0.1, 0.15) is 12.4 Å². The number of rotatable bonds is 3. The summed E-state index contributed by atoms with van der Waals surface area (Å²) in [5, 5.41) is 9.21. The number of benzene rings is 1. The molecule has 1 N–H and O–H groups in total. The average molecular weight is 263 g/mol. The van der Waals surface area contributed by atoms with Crippen LogP contribution in [0.1, 0.15) is 18.4 Å². The van der Waals surface area contributed by atoms with Gasteiger partial charge in [0.15, 0.2) is 0 Å². The number of hydrogen-bond acceptors (Lipinski definition) is 4. The number of amides is 1. The van der Waals surface area contributed by atoms with Crippen molar-refractivity contribution in [2.45, 2.75) is 25.5 Å². The third kappa shape index (κ3) is 3.54. The molecule has 0 aromatic heterocycles. The number of piperidine rings is 1. The lowest BCUT2D eigenvalue weighted by Crippen LogP contribution is -2.48. The van der Waals surface area contributed by atoms with Gasteiger partial charge >= 0.3 is 6.09 Å².